The monoisotopic (exact) mass is 328 g/mol. The third kappa shape index (κ3) is 3.18. The van der Waals surface area contributed by atoms with Crippen molar-refractivity contribution in [3.63, 3.8) is 0 Å². The summed E-state index contributed by atoms with van der Waals surface area (Å²) in [4.78, 5) is 10.8. The van der Waals surface area contributed by atoms with E-state index in [4.69, 9.17) is 22.0 Å². The van der Waals surface area contributed by atoms with Crippen LogP contribution in [0.2, 0.25) is 5.02 Å². The van der Waals surface area contributed by atoms with Crippen LogP contribution in [0.4, 0.5) is 0 Å². The van der Waals surface area contributed by atoms with Crippen molar-refractivity contribution >= 4 is 27.6 Å². The van der Waals surface area contributed by atoms with Crippen LogP contribution in [0.15, 0.2) is 23.1 Å². The number of nitriles is 1. The molecule has 2 rings (SSSR count). The van der Waals surface area contributed by atoms with Gasteiger partial charge in [0.1, 0.15) is 11.0 Å². The fourth-order valence-electron chi connectivity index (χ4n) is 2.30. The average Bonchev–Trinajstić information content (AvgIpc) is 2.46. The molecule has 21 heavy (non-hydrogen) atoms. The molecule has 8 heteroatoms. The first-order valence-electron chi connectivity index (χ1n) is 6.29. The largest absolute Gasteiger partial charge is 0.481 e. The summed E-state index contributed by atoms with van der Waals surface area (Å²) in [6.07, 6.45) is 0.536. The van der Waals surface area contributed by atoms with Gasteiger partial charge in [0.05, 0.1) is 11.5 Å². The molecule has 1 N–H and O–H groups in total. The third-order valence-electron chi connectivity index (χ3n) is 3.48. The van der Waals surface area contributed by atoms with Crippen LogP contribution in [0, 0.1) is 17.2 Å². The van der Waals surface area contributed by atoms with Gasteiger partial charge in [0.15, 0.2) is 0 Å². The highest BCUT2D eigenvalue weighted by Gasteiger charge is 2.33. The van der Waals surface area contributed by atoms with Crippen molar-refractivity contribution in [2.75, 3.05) is 13.1 Å². The van der Waals surface area contributed by atoms with Crippen molar-refractivity contribution in [3.8, 4) is 6.07 Å². The number of rotatable bonds is 3. The van der Waals surface area contributed by atoms with Crippen molar-refractivity contribution in [1.29, 1.82) is 5.26 Å². The number of sulfonamides is 1. The standard InChI is InChI=1S/C13H13ClN2O4S/c14-11-1-2-12(10(7-11)8-15)21(19,20)16-5-3-9(4-6-16)13(17)18/h1-2,7,9H,3-6H2,(H,17,18). The van der Waals surface area contributed by atoms with Gasteiger partial charge in [0.25, 0.3) is 0 Å². The first kappa shape index (κ1) is 15.8. The Morgan fingerprint density at radius 1 is 1.38 bits per heavy atom. The molecule has 0 bridgehead atoms. The molecule has 0 atom stereocenters. The third-order valence-corrected chi connectivity index (χ3v) is 5.67. The Morgan fingerprint density at radius 3 is 2.52 bits per heavy atom. The lowest BCUT2D eigenvalue weighted by atomic mass is 9.99. The topological polar surface area (TPSA) is 98.5 Å². The van der Waals surface area contributed by atoms with Gasteiger partial charge in [-0.3, -0.25) is 4.79 Å². The molecule has 1 aliphatic heterocycles. The fraction of sp³-hybridized carbons (Fsp3) is 0.385. The molecule has 0 radical (unpaired) electrons. The van der Waals surface area contributed by atoms with E-state index in [1.54, 1.807) is 0 Å². The Morgan fingerprint density at radius 2 is 2.00 bits per heavy atom. The van der Waals surface area contributed by atoms with Gasteiger partial charge in [-0.1, -0.05) is 11.6 Å². The van der Waals surface area contributed by atoms with E-state index in [-0.39, 0.29) is 41.4 Å². The summed E-state index contributed by atoms with van der Waals surface area (Å²) in [7, 11) is -3.81. The number of nitrogens with zero attached hydrogens (tertiary/aromatic N) is 2. The highest BCUT2D eigenvalue weighted by molar-refractivity contribution is 7.89. The molecule has 0 saturated carbocycles. The van der Waals surface area contributed by atoms with E-state index in [0.29, 0.717) is 0 Å². The van der Waals surface area contributed by atoms with Crippen LogP contribution in [0.25, 0.3) is 0 Å². The molecule has 1 heterocycles. The van der Waals surface area contributed by atoms with E-state index in [2.05, 4.69) is 0 Å². The first-order valence-corrected chi connectivity index (χ1v) is 8.10. The van der Waals surface area contributed by atoms with Gasteiger partial charge in [-0.05, 0) is 31.0 Å². The Bertz CT molecular complexity index is 703. The minimum absolute atomic E-state index is 0.0112. The zero-order chi connectivity index (χ0) is 15.6. The zero-order valence-electron chi connectivity index (χ0n) is 11.0. The quantitative estimate of drug-likeness (QED) is 0.910. The fourth-order valence-corrected chi connectivity index (χ4v) is 4.06. The molecule has 1 aromatic carbocycles. The molecular formula is C13H13ClN2O4S. The summed E-state index contributed by atoms with van der Waals surface area (Å²) < 4.78 is 26.3. The average molecular weight is 329 g/mol. The summed E-state index contributed by atoms with van der Waals surface area (Å²) >= 11 is 5.76. The van der Waals surface area contributed by atoms with E-state index < -0.39 is 21.9 Å². The van der Waals surface area contributed by atoms with Gasteiger partial charge < -0.3 is 5.11 Å². The Hall–Kier alpha value is -1.62. The lowest BCUT2D eigenvalue weighted by Crippen LogP contribution is -2.40. The molecular weight excluding hydrogens is 316 g/mol. The second-order valence-corrected chi connectivity index (χ2v) is 7.11. The summed E-state index contributed by atoms with van der Waals surface area (Å²) in [6, 6.07) is 5.85. The molecule has 0 unspecified atom stereocenters. The van der Waals surface area contributed by atoms with Crippen LogP contribution in [0.1, 0.15) is 18.4 Å². The van der Waals surface area contributed by atoms with E-state index in [9.17, 15) is 13.2 Å². The number of carboxylic acid groups (broad SMARTS) is 1. The lowest BCUT2D eigenvalue weighted by molar-refractivity contribution is -0.142. The summed E-state index contributed by atoms with van der Waals surface area (Å²) in [5.41, 5.74) is -0.0112. The maximum Gasteiger partial charge on any atom is 0.306 e. The summed E-state index contributed by atoms with van der Waals surface area (Å²) in [6.45, 7) is 0.263. The van der Waals surface area contributed by atoms with Crippen molar-refractivity contribution in [2.24, 2.45) is 5.92 Å². The maximum absolute atomic E-state index is 12.5. The smallest absolute Gasteiger partial charge is 0.306 e. The molecule has 1 fully saturated rings. The normalized spacial score (nSPS) is 17.3. The Labute approximate surface area is 127 Å². The summed E-state index contributed by atoms with van der Waals surface area (Å²) in [5.74, 6) is -1.42. The molecule has 1 aromatic rings. The molecule has 1 aliphatic rings. The zero-order valence-corrected chi connectivity index (χ0v) is 12.6. The van der Waals surface area contributed by atoms with Gasteiger partial charge >= 0.3 is 5.97 Å². The van der Waals surface area contributed by atoms with Gasteiger partial charge in [-0.2, -0.15) is 9.57 Å². The second kappa shape index (κ2) is 6.02. The van der Waals surface area contributed by atoms with E-state index >= 15 is 0 Å². The number of hydrogen-bond acceptors (Lipinski definition) is 4. The number of carbonyl (C=O) groups is 1. The van der Waals surface area contributed by atoms with Gasteiger partial charge in [-0.25, -0.2) is 8.42 Å². The number of halogens is 1. The van der Waals surface area contributed by atoms with Crippen molar-refractivity contribution in [3.05, 3.63) is 28.8 Å². The van der Waals surface area contributed by atoms with Gasteiger partial charge in [-0.15, -0.1) is 0 Å². The number of carboxylic acids is 1. The number of hydrogen-bond donors (Lipinski definition) is 1. The van der Waals surface area contributed by atoms with E-state index in [0.717, 1.165) is 0 Å². The number of piperidine rings is 1. The van der Waals surface area contributed by atoms with Crippen molar-refractivity contribution in [2.45, 2.75) is 17.7 Å². The second-order valence-electron chi connectivity index (χ2n) is 4.77. The first-order chi connectivity index (χ1) is 9.86. The van der Waals surface area contributed by atoms with Gasteiger partial charge in [0, 0.05) is 18.1 Å². The van der Waals surface area contributed by atoms with Crippen LogP contribution < -0.4 is 0 Å². The van der Waals surface area contributed by atoms with Crippen LogP contribution in [0.3, 0.4) is 0 Å². The highest BCUT2D eigenvalue weighted by atomic mass is 35.5. The molecule has 112 valence electrons. The molecule has 0 aromatic heterocycles. The predicted octanol–water partition coefficient (Wildman–Crippen LogP) is 1.70. The molecule has 0 amide bonds. The predicted molar refractivity (Wildman–Crippen MR) is 75.3 cm³/mol. The van der Waals surface area contributed by atoms with E-state index in [1.165, 1.54) is 22.5 Å². The minimum Gasteiger partial charge on any atom is -0.481 e. The van der Waals surface area contributed by atoms with Crippen molar-refractivity contribution < 1.29 is 18.3 Å². The molecule has 0 spiro atoms. The Kier molecular flexibility index (Phi) is 4.52. The van der Waals surface area contributed by atoms with Crippen LogP contribution in [0.5, 0.6) is 0 Å². The Balaban J connectivity index is 2.28. The van der Waals surface area contributed by atoms with Crippen LogP contribution in [-0.4, -0.2) is 36.9 Å². The molecule has 6 nitrogen and oxygen atoms in total. The van der Waals surface area contributed by atoms with E-state index in [1.807, 2.05) is 6.07 Å². The summed E-state index contributed by atoms with van der Waals surface area (Å²) in [5, 5.41) is 18.3. The number of aliphatic carboxylic acids is 1. The molecule has 1 saturated heterocycles. The highest BCUT2D eigenvalue weighted by Crippen LogP contribution is 2.27. The molecule has 0 aliphatic carbocycles. The van der Waals surface area contributed by atoms with Crippen LogP contribution >= 0.6 is 11.6 Å². The van der Waals surface area contributed by atoms with Crippen LogP contribution in [-0.2, 0) is 14.8 Å². The minimum atomic E-state index is -3.81. The SMILES string of the molecule is N#Cc1cc(Cl)ccc1S(=O)(=O)N1CCC(C(=O)O)CC1. The van der Waals surface area contributed by atoms with Gasteiger partial charge in [0.2, 0.25) is 10.0 Å². The number of benzene rings is 1. The van der Waals surface area contributed by atoms with Crippen molar-refractivity contribution in [1.82, 2.24) is 4.31 Å². The lowest BCUT2D eigenvalue weighted by Gasteiger charge is -2.29. The maximum atomic E-state index is 12.5.